The average molecular weight is 433 g/mol. The lowest BCUT2D eigenvalue weighted by Gasteiger charge is -2.10. The number of ether oxygens (including phenoxy) is 2. The SMILES string of the molecule is Cc1ccc(OCC(=O)NCc2cccc(CNC(=O)COc3ccc(C)cc3)c2)cc1. The molecule has 2 amide bonds. The van der Waals surface area contributed by atoms with E-state index in [9.17, 15) is 9.59 Å². The number of hydrogen-bond donors (Lipinski definition) is 2. The van der Waals surface area contributed by atoms with Crippen LogP contribution < -0.4 is 20.1 Å². The third kappa shape index (κ3) is 7.80. The number of nitrogens with one attached hydrogen (secondary N) is 2. The summed E-state index contributed by atoms with van der Waals surface area (Å²) in [6, 6.07) is 22.8. The molecule has 0 aliphatic carbocycles. The van der Waals surface area contributed by atoms with Crippen molar-refractivity contribution in [2.45, 2.75) is 26.9 Å². The molecule has 0 radical (unpaired) electrons. The van der Waals surface area contributed by atoms with E-state index in [2.05, 4.69) is 10.6 Å². The molecule has 0 heterocycles. The maximum atomic E-state index is 12.1. The van der Waals surface area contributed by atoms with Gasteiger partial charge < -0.3 is 20.1 Å². The molecule has 3 aromatic rings. The summed E-state index contributed by atoms with van der Waals surface area (Å²) in [5, 5.41) is 5.69. The standard InChI is InChI=1S/C26H28N2O4/c1-19-6-10-23(11-7-19)31-17-25(29)27-15-21-4-3-5-22(14-21)16-28-26(30)18-32-24-12-8-20(2)9-13-24/h3-14H,15-18H2,1-2H3,(H,27,29)(H,28,30). The van der Waals surface area contributed by atoms with E-state index in [0.29, 0.717) is 24.6 Å². The van der Waals surface area contributed by atoms with Gasteiger partial charge in [-0.3, -0.25) is 9.59 Å². The molecule has 6 nitrogen and oxygen atoms in total. The smallest absolute Gasteiger partial charge is 0.258 e. The second-order valence-corrected chi connectivity index (χ2v) is 7.58. The zero-order valence-electron chi connectivity index (χ0n) is 18.4. The number of rotatable bonds is 10. The summed E-state index contributed by atoms with van der Waals surface area (Å²) in [5.74, 6) is 0.930. The van der Waals surface area contributed by atoms with E-state index >= 15 is 0 Å². The Balaban J connectivity index is 1.38. The zero-order valence-corrected chi connectivity index (χ0v) is 18.4. The lowest BCUT2D eigenvalue weighted by Crippen LogP contribution is -2.29. The third-order valence-corrected chi connectivity index (χ3v) is 4.75. The first-order chi connectivity index (χ1) is 15.5. The Bertz CT molecular complexity index is 950. The van der Waals surface area contributed by atoms with Crippen molar-refractivity contribution in [3.63, 3.8) is 0 Å². The predicted molar refractivity (Wildman–Crippen MR) is 123 cm³/mol. The first-order valence-corrected chi connectivity index (χ1v) is 10.5. The average Bonchev–Trinajstić information content (AvgIpc) is 2.81. The molecule has 166 valence electrons. The minimum Gasteiger partial charge on any atom is -0.484 e. The molecule has 0 spiro atoms. The highest BCUT2D eigenvalue weighted by Gasteiger charge is 2.06. The van der Waals surface area contributed by atoms with Crippen LogP contribution in [-0.4, -0.2) is 25.0 Å². The minimum absolute atomic E-state index is 0.0419. The van der Waals surface area contributed by atoms with Crippen LogP contribution in [0.15, 0.2) is 72.8 Å². The number of carbonyl (C=O) groups excluding carboxylic acids is 2. The van der Waals surface area contributed by atoms with Crippen LogP contribution in [0.3, 0.4) is 0 Å². The maximum absolute atomic E-state index is 12.1. The van der Waals surface area contributed by atoms with Crippen LogP contribution in [0, 0.1) is 13.8 Å². The van der Waals surface area contributed by atoms with Gasteiger partial charge in [0.25, 0.3) is 11.8 Å². The van der Waals surface area contributed by atoms with E-state index in [4.69, 9.17) is 9.47 Å². The molecular formula is C26H28N2O4. The first-order valence-electron chi connectivity index (χ1n) is 10.5. The topological polar surface area (TPSA) is 76.7 Å². The summed E-state index contributed by atoms with van der Waals surface area (Å²) in [6.45, 7) is 4.67. The van der Waals surface area contributed by atoms with Gasteiger partial charge in [-0.25, -0.2) is 0 Å². The summed E-state index contributed by atoms with van der Waals surface area (Å²) in [6.07, 6.45) is 0. The summed E-state index contributed by atoms with van der Waals surface area (Å²) in [5.41, 5.74) is 4.15. The van der Waals surface area contributed by atoms with Gasteiger partial charge in [-0.1, -0.05) is 59.7 Å². The molecule has 0 atom stereocenters. The van der Waals surface area contributed by atoms with Gasteiger partial charge in [-0.05, 0) is 49.2 Å². The molecular weight excluding hydrogens is 404 g/mol. The normalized spacial score (nSPS) is 10.3. The van der Waals surface area contributed by atoms with Crippen molar-refractivity contribution >= 4 is 11.8 Å². The van der Waals surface area contributed by atoms with Gasteiger partial charge in [0, 0.05) is 13.1 Å². The van der Waals surface area contributed by atoms with Crippen LogP contribution in [-0.2, 0) is 22.7 Å². The van der Waals surface area contributed by atoms with Crippen LogP contribution in [0.1, 0.15) is 22.3 Å². The van der Waals surface area contributed by atoms with E-state index in [0.717, 1.165) is 22.3 Å². The van der Waals surface area contributed by atoms with E-state index in [1.165, 1.54) is 0 Å². The van der Waals surface area contributed by atoms with Crippen LogP contribution in [0.4, 0.5) is 0 Å². The summed E-state index contributed by atoms with van der Waals surface area (Å²) >= 11 is 0. The van der Waals surface area contributed by atoms with E-state index in [1.54, 1.807) is 0 Å². The molecule has 2 N–H and O–H groups in total. The fraction of sp³-hybridized carbons (Fsp3) is 0.231. The number of benzene rings is 3. The summed E-state index contributed by atoms with van der Waals surface area (Å²) in [4.78, 5) is 24.1. The third-order valence-electron chi connectivity index (χ3n) is 4.75. The Labute approximate surface area is 188 Å². The van der Waals surface area contributed by atoms with Crippen molar-refractivity contribution < 1.29 is 19.1 Å². The Hall–Kier alpha value is -3.80. The van der Waals surface area contributed by atoms with Crippen molar-refractivity contribution in [2.24, 2.45) is 0 Å². The molecule has 0 bridgehead atoms. The van der Waals surface area contributed by atoms with Gasteiger partial charge in [0.1, 0.15) is 11.5 Å². The van der Waals surface area contributed by atoms with E-state index in [-0.39, 0.29) is 25.0 Å². The van der Waals surface area contributed by atoms with Crippen molar-refractivity contribution in [2.75, 3.05) is 13.2 Å². The quantitative estimate of drug-likeness (QED) is 0.512. The Morgan fingerprint density at radius 2 is 1.06 bits per heavy atom. The second kappa shape index (κ2) is 11.6. The number of aryl methyl sites for hydroxylation is 2. The highest BCUT2D eigenvalue weighted by molar-refractivity contribution is 5.78. The van der Waals surface area contributed by atoms with Crippen molar-refractivity contribution in [1.82, 2.24) is 10.6 Å². The Morgan fingerprint density at radius 1 is 0.656 bits per heavy atom. The highest BCUT2D eigenvalue weighted by Crippen LogP contribution is 2.12. The van der Waals surface area contributed by atoms with Crippen molar-refractivity contribution in [3.8, 4) is 11.5 Å². The number of carbonyl (C=O) groups is 2. The zero-order chi connectivity index (χ0) is 22.8. The molecule has 0 aromatic heterocycles. The van der Waals surface area contributed by atoms with Gasteiger partial charge in [0.2, 0.25) is 0 Å². The van der Waals surface area contributed by atoms with Gasteiger partial charge in [0.05, 0.1) is 0 Å². The fourth-order valence-electron chi connectivity index (χ4n) is 2.92. The highest BCUT2D eigenvalue weighted by atomic mass is 16.5. The van der Waals surface area contributed by atoms with Crippen LogP contribution in [0.5, 0.6) is 11.5 Å². The van der Waals surface area contributed by atoms with Crippen molar-refractivity contribution in [3.05, 3.63) is 95.1 Å². The van der Waals surface area contributed by atoms with Crippen LogP contribution >= 0.6 is 0 Å². The predicted octanol–water partition coefficient (Wildman–Crippen LogP) is 3.69. The largest absolute Gasteiger partial charge is 0.484 e. The summed E-state index contributed by atoms with van der Waals surface area (Å²) < 4.78 is 11.0. The molecule has 6 heteroatoms. The Kier molecular flexibility index (Phi) is 8.26. The van der Waals surface area contributed by atoms with Crippen LogP contribution in [0.25, 0.3) is 0 Å². The molecule has 0 fully saturated rings. The minimum atomic E-state index is -0.197. The van der Waals surface area contributed by atoms with Gasteiger partial charge >= 0.3 is 0 Å². The lowest BCUT2D eigenvalue weighted by molar-refractivity contribution is -0.124. The number of amides is 2. The van der Waals surface area contributed by atoms with Gasteiger partial charge in [0.15, 0.2) is 13.2 Å². The number of hydrogen-bond acceptors (Lipinski definition) is 4. The first kappa shape index (κ1) is 22.9. The molecule has 0 saturated carbocycles. The molecule has 32 heavy (non-hydrogen) atoms. The maximum Gasteiger partial charge on any atom is 0.258 e. The van der Waals surface area contributed by atoms with E-state index < -0.39 is 0 Å². The van der Waals surface area contributed by atoms with Crippen LogP contribution in [0.2, 0.25) is 0 Å². The fourth-order valence-corrected chi connectivity index (χ4v) is 2.92. The molecule has 3 aromatic carbocycles. The molecule has 0 saturated heterocycles. The summed E-state index contributed by atoms with van der Waals surface area (Å²) in [7, 11) is 0. The molecule has 3 rings (SSSR count). The van der Waals surface area contributed by atoms with Gasteiger partial charge in [-0.2, -0.15) is 0 Å². The van der Waals surface area contributed by atoms with Gasteiger partial charge in [-0.15, -0.1) is 0 Å². The molecule has 0 aliphatic heterocycles. The Morgan fingerprint density at radius 3 is 1.47 bits per heavy atom. The monoisotopic (exact) mass is 432 g/mol. The van der Waals surface area contributed by atoms with Crippen molar-refractivity contribution in [1.29, 1.82) is 0 Å². The molecule has 0 aliphatic rings. The van der Waals surface area contributed by atoms with E-state index in [1.807, 2.05) is 86.6 Å². The second-order valence-electron chi connectivity index (χ2n) is 7.58. The molecule has 0 unspecified atom stereocenters. The lowest BCUT2D eigenvalue weighted by atomic mass is 10.1.